The first-order valence-electron chi connectivity index (χ1n) is 11.3. The summed E-state index contributed by atoms with van der Waals surface area (Å²) in [7, 11) is 0. The van der Waals surface area contributed by atoms with E-state index in [9.17, 15) is 14.7 Å². The molecule has 0 saturated carbocycles. The molecule has 0 spiro atoms. The molecule has 0 fully saturated rings. The maximum Gasteiger partial charge on any atom is 0.310 e. The maximum absolute atomic E-state index is 12.3. The van der Waals surface area contributed by atoms with Crippen LogP contribution < -0.4 is 10.1 Å². The summed E-state index contributed by atoms with van der Waals surface area (Å²) in [5.41, 5.74) is 4.18. The number of aryl methyl sites for hydroxylation is 2. The van der Waals surface area contributed by atoms with Gasteiger partial charge in [-0.05, 0) is 67.3 Å². The van der Waals surface area contributed by atoms with Crippen LogP contribution in [0.15, 0.2) is 30.3 Å². The molecule has 3 heterocycles. The second-order valence-electron chi connectivity index (χ2n) is 8.48. The minimum Gasteiger partial charge on any atom is -0.493 e. The number of carbonyl (C=O) groups is 2. The number of ether oxygens (including phenoxy) is 1. The van der Waals surface area contributed by atoms with Crippen LogP contribution >= 0.6 is 0 Å². The zero-order valence-corrected chi connectivity index (χ0v) is 17.9. The monoisotopic (exact) mass is 422 g/mol. The molecule has 164 valence electrons. The largest absolute Gasteiger partial charge is 0.493 e. The molecule has 2 aliphatic heterocycles. The predicted octanol–water partition coefficient (Wildman–Crippen LogP) is 4.31. The lowest BCUT2D eigenvalue weighted by Gasteiger charge is -2.17. The van der Waals surface area contributed by atoms with Crippen molar-refractivity contribution in [3.05, 3.63) is 52.7 Å². The normalized spacial score (nSPS) is 15.4. The Balaban J connectivity index is 1.21. The highest BCUT2D eigenvalue weighted by Gasteiger charge is 2.23. The van der Waals surface area contributed by atoms with Crippen molar-refractivity contribution in [2.24, 2.45) is 0 Å². The van der Waals surface area contributed by atoms with E-state index in [4.69, 9.17) is 9.72 Å². The number of carbonyl (C=O) groups excluding carboxylic acids is 1. The van der Waals surface area contributed by atoms with Crippen LogP contribution in [0, 0.1) is 0 Å². The number of benzene rings is 1. The molecule has 0 aliphatic carbocycles. The van der Waals surface area contributed by atoms with Crippen molar-refractivity contribution >= 4 is 17.6 Å². The lowest BCUT2D eigenvalue weighted by Crippen LogP contribution is -2.14. The average Bonchev–Trinajstić information content (AvgIpc) is 3.24. The molecule has 4 rings (SSSR count). The minimum atomic E-state index is -0.891. The topological polar surface area (TPSA) is 88.5 Å². The Morgan fingerprint density at radius 2 is 1.97 bits per heavy atom. The number of ketones is 1. The SMILES string of the molecule is O=C(CCCCc1ccc2c(n1)NCCC2)CC[C@@H](C(=O)O)c1ccc2c(c1)OCC2. The van der Waals surface area contributed by atoms with E-state index in [1.165, 1.54) is 5.56 Å². The first kappa shape index (κ1) is 21.3. The Morgan fingerprint density at radius 1 is 1.10 bits per heavy atom. The number of hydrogen-bond acceptors (Lipinski definition) is 5. The lowest BCUT2D eigenvalue weighted by molar-refractivity contribution is -0.139. The van der Waals surface area contributed by atoms with E-state index in [2.05, 4.69) is 17.4 Å². The van der Waals surface area contributed by atoms with Crippen molar-refractivity contribution in [1.29, 1.82) is 0 Å². The molecule has 6 nitrogen and oxygen atoms in total. The highest BCUT2D eigenvalue weighted by atomic mass is 16.5. The molecule has 0 unspecified atom stereocenters. The minimum absolute atomic E-state index is 0.128. The molecule has 1 aromatic heterocycles. The van der Waals surface area contributed by atoms with E-state index >= 15 is 0 Å². The number of hydrogen-bond donors (Lipinski definition) is 2. The first-order chi connectivity index (χ1) is 15.1. The quantitative estimate of drug-likeness (QED) is 0.555. The van der Waals surface area contributed by atoms with Crippen molar-refractivity contribution in [3.63, 3.8) is 0 Å². The number of rotatable bonds is 10. The molecule has 1 atom stereocenters. The zero-order valence-electron chi connectivity index (χ0n) is 17.9. The van der Waals surface area contributed by atoms with Gasteiger partial charge >= 0.3 is 5.97 Å². The first-order valence-corrected chi connectivity index (χ1v) is 11.3. The van der Waals surface area contributed by atoms with E-state index in [1.807, 2.05) is 18.2 Å². The van der Waals surface area contributed by atoms with Gasteiger partial charge in [0.05, 0.1) is 12.5 Å². The number of fused-ring (bicyclic) bond motifs is 2. The molecule has 1 aromatic carbocycles. The van der Waals surface area contributed by atoms with Crippen LogP contribution in [0.5, 0.6) is 5.75 Å². The summed E-state index contributed by atoms with van der Waals surface area (Å²) in [6.07, 6.45) is 6.76. The highest BCUT2D eigenvalue weighted by Crippen LogP contribution is 2.31. The van der Waals surface area contributed by atoms with Crippen LogP contribution in [0.3, 0.4) is 0 Å². The number of pyridine rings is 1. The Kier molecular flexibility index (Phi) is 6.85. The van der Waals surface area contributed by atoms with E-state index in [0.717, 1.165) is 67.9 Å². The fourth-order valence-electron chi connectivity index (χ4n) is 4.40. The van der Waals surface area contributed by atoms with E-state index in [0.29, 0.717) is 25.0 Å². The van der Waals surface area contributed by atoms with Crippen LogP contribution in [0.1, 0.15) is 66.8 Å². The molecular formula is C25H30N2O4. The maximum atomic E-state index is 12.3. The lowest BCUT2D eigenvalue weighted by atomic mass is 9.91. The highest BCUT2D eigenvalue weighted by molar-refractivity contribution is 5.81. The molecule has 2 aromatic rings. The van der Waals surface area contributed by atoms with Crippen molar-refractivity contribution in [1.82, 2.24) is 4.98 Å². The van der Waals surface area contributed by atoms with Crippen molar-refractivity contribution in [2.45, 2.75) is 63.7 Å². The van der Waals surface area contributed by atoms with Gasteiger partial charge in [0.25, 0.3) is 0 Å². The van der Waals surface area contributed by atoms with Gasteiger partial charge < -0.3 is 15.2 Å². The third-order valence-electron chi connectivity index (χ3n) is 6.22. The van der Waals surface area contributed by atoms with Gasteiger partial charge in [0, 0.05) is 31.5 Å². The number of carboxylic acids is 1. The summed E-state index contributed by atoms with van der Waals surface area (Å²) < 4.78 is 5.56. The standard InChI is InChI=1S/C25H30N2O4/c28-21(6-2-1-5-20-10-9-18-4-3-14-26-24(18)27-20)11-12-22(25(29)30)19-8-7-17-13-15-31-23(17)16-19/h7-10,16,22H,1-6,11-15H2,(H,26,27)(H,29,30)/t22-/m1/s1. The number of unbranched alkanes of at least 4 members (excludes halogenated alkanes) is 1. The number of aromatic nitrogens is 1. The Hall–Kier alpha value is -2.89. The van der Waals surface area contributed by atoms with Gasteiger partial charge in [-0.15, -0.1) is 0 Å². The van der Waals surface area contributed by atoms with Gasteiger partial charge in [-0.25, -0.2) is 4.98 Å². The summed E-state index contributed by atoms with van der Waals surface area (Å²) in [6, 6.07) is 9.87. The number of anilines is 1. The van der Waals surface area contributed by atoms with Crippen LogP contribution in [-0.4, -0.2) is 35.0 Å². The summed E-state index contributed by atoms with van der Waals surface area (Å²) in [4.78, 5) is 28.8. The predicted molar refractivity (Wildman–Crippen MR) is 119 cm³/mol. The number of nitrogens with zero attached hydrogens (tertiary/aromatic N) is 1. The molecule has 0 radical (unpaired) electrons. The second-order valence-corrected chi connectivity index (χ2v) is 8.48. The fraction of sp³-hybridized carbons (Fsp3) is 0.480. The van der Waals surface area contributed by atoms with Gasteiger partial charge in [-0.3, -0.25) is 9.59 Å². The molecule has 0 bridgehead atoms. The van der Waals surface area contributed by atoms with Crippen LogP contribution in [0.4, 0.5) is 5.82 Å². The molecular weight excluding hydrogens is 392 g/mol. The molecule has 0 saturated heterocycles. The Morgan fingerprint density at radius 3 is 2.84 bits per heavy atom. The van der Waals surface area contributed by atoms with Crippen molar-refractivity contribution in [3.8, 4) is 5.75 Å². The van der Waals surface area contributed by atoms with Crippen LogP contribution in [0.25, 0.3) is 0 Å². The third kappa shape index (κ3) is 5.43. The molecule has 6 heteroatoms. The smallest absolute Gasteiger partial charge is 0.310 e. The molecule has 2 aliphatic rings. The number of aliphatic carboxylic acids is 1. The van der Waals surface area contributed by atoms with E-state index in [1.54, 1.807) is 0 Å². The van der Waals surface area contributed by atoms with E-state index < -0.39 is 11.9 Å². The van der Waals surface area contributed by atoms with E-state index in [-0.39, 0.29) is 12.2 Å². The Labute approximate surface area is 183 Å². The number of nitrogens with one attached hydrogen (secondary N) is 1. The van der Waals surface area contributed by atoms with Crippen LogP contribution in [-0.2, 0) is 28.9 Å². The van der Waals surface area contributed by atoms with Gasteiger partial charge in [0.15, 0.2) is 0 Å². The van der Waals surface area contributed by atoms with Crippen molar-refractivity contribution in [2.75, 3.05) is 18.5 Å². The third-order valence-corrected chi connectivity index (χ3v) is 6.22. The van der Waals surface area contributed by atoms with Gasteiger partial charge in [0.1, 0.15) is 17.4 Å². The number of Topliss-reactive ketones (excluding diaryl/α,β-unsaturated/α-hetero) is 1. The summed E-state index contributed by atoms with van der Waals surface area (Å²) in [5.74, 6) is 0.352. The molecule has 0 amide bonds. The van der Waals surface area contributed by atoms with Gasteiger partial charge in [0.2, 0.25) is 0 Å². The van der Waals surface area contributed by atoms with Crippen molar-refractivity contribution < 1.29 is 19.4 Å². The Bertz CT molecular complexity index is 957. The summed E-state index contributed by atoms with van der Waals surface area (Å²) in [5, 5.41) is 13.0. The fourth-order valence-corrected chi connectivity index (χ4v) is 4.40. The van der Waals surface area contributed by atoms with Gasteiger partial charge in [-0.2, -0.15) is 0 Å². The van der Waals surface area contributed by atoms with Gasteiger partial charge in [-0.1, -0.05) is 18.2 Å². The summed E-state index contributed by atoms with van der Waals surface area (Å²) >= 11 is 0. The molecule has 31 heavy (non-hydrogen) atoms. The van der Waals surface area contributed by atoms with Crippen LogP contribution in [0.2, 0.25) is 0 Å². The average molecular weight is 423 g/mol. The summed E-state index contributed by atoms with van der Waals surface area (Å²) in [6.45, 7) is 1.63. The number of carboxylic acid groups (broad SMARTS) is 1. The molecule has 2 N–H and O–H groups in total. The zero-order chi connectivity index (χ0) is 21.6. The second kappa shape index (κ2) is 9.94.